The molecule has 0 spiro atoms. The van der Waals surface area contributed by atoms with E-state index in [0.717, 1.165) is 48.1 Å². The molecule has 0 aromatic heterocycles. The molecule has 106 valence electrons. The molecule has 1 saturated heterocycles. The van der Waals surface area contributed by atoms with Crippen molar-refractivity contribution in [2.75, 3.05) is 19.8 Å². The average Bonchev–Trinajstić information content (AvgIpc) is 2.35. The number of hydrogen-bond donors (Lipinski definition) is 1. The third-order valence-electron chi connectivity index (χ3n) is 4.37. The van der Waals surface area contributed by atoms with Gasteiger partial charge in [-0.1, -0.05) is 20.8 Å². The first-order chi connectivity index (χ1) is 8.70. The Bertz CT molecular complexity index is 243. The van der Waals surface area contributed by atoms with Gasteiger partial charge >= 0.3 is 0 Å². The monoisotopic (exact) mass is 271 g/mol. The van der Waals surface area contributed by atoms with Gasteiger partial charge in [0.05, 0.1) is 0 Å². The molecule has 2 fully saturated rings. The van der Waals surface area contributed by atoms with Gasteiger partial charge in [0.2, 0.25) is 0 Å². The van der Waals surface area contributed by atoms with E-state index in [-0.39, 0.29) is 0 Å². The molecule has 2 rings (SSSR count). The molecule has 0 amide bonds. The smallest absolute Gasteiger partial charge is 0.0476 e. The van der Waals surface area contributed by atoms with E-state index in [2.05, 4.69) is 37.8 Å². The van der Waals surface area contributed by atoms with Crippen molar-refractivity contribution in [2.24, 2.45) is 11.8 Å². The standard InChI is InChI=1S/C15H29NOS/c1-4-16-14-10-11(2)9-12(3)15(14)18-13-5-7-17-8-6-13/h11-16H,4-10H2,1-3H3. The molecule has 4 atom stereocenters. The summed E-state index contributed by atoms with van der Waals surface area (Å²) in [6.45, 7) is 10.2. The first kappa shape index (κ1) is 14.7. The van der Waals surface area contributed by atoms with E-state index in [0.29, 0.717) is 0 Å². The van der Waals surface area contributed by atoms with Crippen LogP contribution in [0.3, 0.4) is 0 Å². The lowest BCUT2D eigenvalue weighted by Gasteiger charge is -2.41. The fourth-order valence-corrected chi connectivity index (χ4v) is 5.24. The van der Waals surface area contributed by atoms with Crippen LogP contribution in [-0.2, 0) is 4.74 Å². The third-order valence-corrected chi connectivity index (χ3v) is 6.34. The summed E-state index contributed by atoms with van der Waals surface area (Å²) in [5.41, 5.74) is 0. The van der Waals surface area contributed by atoms with Crippen molar-refractivity contribution in [1.29, 1.82) is 0 Å². The molecule has 0 aromatic carbocycles. The second-order valence-electron chi connectivity index (χ2n) is 6.13. The molecule has 2 aliphatic rings. The molecule has 1 aliphatic heterocycles. The van der Waals surface area contributed by atoms with Crippen LogP contribution in [0.15, 0.2) is 0 Å². The third kappa shape index (κ3) is 3.88. The minimum Gasteiger partial charge on any atom is -0.381 e. The summed E-state index contributed by atoms with van der Waals surface area (Å²) in [7, 11) is 0. The molecule has 0 bridgehead atoms. The van der Waals surface area contributed by atoms with Crippen molar-refractivity contribution >= 4 is 11.8 Å². The molecule has 1 N–H and O–H groups in total. The maximum Gasteiger partial charge on any atom is 0.0476 e. The molecule has 18 heavy (non-hydrogen) atoms. The predicted molar refractivity (Wildman–Crippen MR) is 80.2 cm³/mol. The maximum absolute atomic E-state index is 5.48. The Morgan fingerprint density at radius 2 is 1.89 bits per heavy atom. The summed E-state index contributed by atoms with van der Waals surface area (Å²) in [6, 6.07) is 0.724. The molecule has 1 aliphatic carbocycles. The van der Waals surface area contributed by atoms with Gasteiger partial charge in [-0.25, -0.2) is 0 Å². The first-order valence-corrected chi connectivity index (χ1v) is 8.61. The van der Waals surface area contributed by atoms with Crippen molar-refractivity contribution in [3.8, 4) is 0 Å². The van der Waals surface area contributed by atoms with Gasteiger partial charge in [0.25, 0.3) is 0 Å². The van der Waals surface area contributed by atoms with Crippen molar-refractivity contribution < 1.29 is 4.74 Å². The van der Waals surface area contributed by atoms with Crippen LogP contribution < -0.4 is 5.32 Å². The molecular weight excluding hydrogens is 242 g/mol. The van der Waals surface area contributed by atoms with Gasteiger partial charge in [0, 0.05) is 29.8 Å². The number of thioether (sulfide) groups is 1. The van der Waals surface area contributed by atoms with E-state index < -0.39 is 0 Å². The quantitative estimate of drug-likeness (QED) is 0.847. The summed E-state index contributed by atoms with van der Waals surface area (Å²) in [5.74, 6) is 1.74. The normalized spacial score (nSPS) is 38.8. The van der Waals surface area contributed by atoms with Crippen LogP contribution in [-0.4, -0.2) is 36.3 Å². The number of ether oxygens (including phenoxy) is 1. The first-order valence-electron chi connectivity index (χ1n) is 7.67. The van der Waals surface area contributed by atoms with E-state index in [1.54, 1.807) is 0 Å². The van der Waals surface area contributed by atoms with E-state index >= 15 is 0 Å². The molecule has 1 heterocycles. The minimum absolute atomic E-state index is 0.724. The Kier molecular flexibility index (Phi) is 5.84. The number of hydrogen-bond acceptors (Lipinski definition) is 3. The molecule has 3 heteroatoms. The zero-order valence-corrected chi connectivity index (χ0v) is 13.0. The van der Waals surface area contributed by atoms with Crippen LogP contribution in [0.5, 0.6) is 0 Å². The minimum atomic E-state index is 0.724. The fraction of sp³-hybridized carbons (Fsp3) is 1.00. The number of rotatable bonds is 4. The Labute approximate surface area is 117 Å². The Morgan fingerprint density at radius 1 is 1.17 bits per heavy atom. The summed E-state index contributed by atoms with van der Waals surface area (Å²) in [5, 5.41) is 5.38. The zero-order chi connectivity index (χ0) is 13.0. The van der Waals surface area contributed by atoms with Gasteiger partial charge in [-0.05, 0) is 44.1 Å². The summed E-state index contributed by atoms with van der Waals surface area (Å²) < 4.78 is 5.48. The Morgan fingerprint density at radius 3 is 2.56 bits per heavy atom. The average molecular weight is 271 g/mol. The second-order valence-corrected chi connectivity index (χ2v) is 7.61. The van der Waals surface area contributed by atoms with E-state index in [4.69, 9.17) is 4.74 Å². The lowest BCUT2D eigenvalue weighted by molar-refractivity contribution is 0.0996. The van der Waals surface area contributed by atoms with Gasteiger partial charge in [-0.15, -0.1) is 0 Å². The summed E-state index contributed by atoms with van der Waals surface area (Å²) >= 11 is 2.26. The van der Waals surface area contributed by atoms with E-state index in [1.807, 2.05) is 0 Å². The van der Waals surface area contributed by atoms with Gasteiger partial charge in [-0.2, -0.15) is 11.8 Å². The molecular formula is C15H29NOS. The van der Waals surface area contributed by atoms with Gasteiger partial charge in [0.15, 0.2) is 0 Å². The van der Waals surface area contributed by atoms with Crippen LogP contribution >= 0.6 is 11.8 Å². The molecule has 2 nitrogen and oxygen atoms in total. The molecule has 4 unspecified atom stereocenters. The molecule has 0 radical (unpaired) electrons. The Hall–Kier alpha value is 0.270. The van der Waals surface area contributed by atoms with Crippen molar-refractivity contribution in [3.05, 3.63) is 0 Å². The lowest BCUT2D eigenvalue weighted by atomic mass is 9.80. The van der Waals surface area contributed by atoms with Crippen molar-refractivity contribution in [3.63, 3.8) is 0 Å². The van der Waals surface area contributed by atoms with Crippen LogP contribution in [0.4, 0.5) is 0 Å². The van der Waals surface area contributed by atoms with Crippen molar-refractivity contribution in [2.45, 2.75) is 63.0 Å². The van der Waals surface area contributed by atoms with Gasteiger partial charge in [-0.3, -0.25) is 0 Å². The highest BCUT2D eigenvalue weighted by Gasteiger charge is 2.35. The SMILES string of the molecule is CCNC1CC(C)CC(C)C1SC1CCOCC1. The highest BCUT2D eigenvalue weighted by atomic mass is 32.2. The van der Waals surface area contributed by atoms with Gasteiger partial charge in [0.1, 0.15) is 0 Å². The molecule has 1 saturated carbocycles. The van der Waals surface area contributed by atoms with Crippen LogP contribution in [0.2, 0.25) is 0 Å². The van der Waals surface area contributed by atoms with Crippen LogP contribution in [0.25, 0.3) is 0 Å². The van der Waals surface area contributed by atoms with Crippen molar-refractivity contribution in [1.82, 2.24) is 5.32 Å². The summed E-state index contributed by atoms with van der Waals surface area (Å²) in [6.07, 6.45) is 5.27. The zero-order valence-electron chi connectivity index (χ0n) is 12.2. The maximum atomic E-state index is 5.48. The lowest BCUT2D eigenvalue weighted by Crippen LogP contribution is -2.47. The summed E-state index contributed by atoms with van der Waals surface area (Å²) in [4.78, 5) is 0. The highest BCUT2D eigenvalue weighted by molar-refractivity contribution is 8.00. The predicted octanol–water partition coefficient (Wildman–Crippen LogP) is 3.31. The van der Waals surface area contributed by atoms with Gasteiger partial charge < -0.3 is 10.1 Å². The second kappa shape index (κ2) is 7.16. The van der Waals surface area contributed by atoms with Crippen LogP contribution in [0.1, 0.15) is 46.5 Å². The molecule has 0 aromatic rings. The van der Waals surface area contributed by atoms with E-state index in [9.17, 15) is 0 Å². The topological polar surface area (TPSA) is 21.3 Å². The van der Waals surface area contributed by atoms with E-state index in [1.165, 1.54) is 25.7 Å². The largest absolute Gasteiger partial charge is 0.381 e. The number of nitrogens with one attached hydrogen (secondary N) is 1. The fourth-order valence-electron chi connectivity index (χ4n) is 3.55. The highest BCUT2D eigenvalue weighted by Crippen LogP contribution is 2.40. The Balaban J connectivity index is 1.92. The van der Waals surface area contributed by atoms with Crippen LogP contribution in [0, 0.1) is 11.8 Å².